The van der Waals surface area contributed by atoms with Crippen LogP contribution in [0.2, 0.25) is 0 Å². The van der Waals surface area contributed by atoms with Gasteiger partial charge in [0.1, 0.15) is 0 Å². The van der Waals surface area contributed by atoms with Gasteiger partial charge in [-0.15, -0.1) is 0 Å². The standard InChI is InChI=1S/C9H13N.C4H10.I4/c1-3-8-6-5-7-9(4-2)10-8;1-3-4-2;1-4(2)3/h5-7H,3-4H2,1-2H3;3-4H2,1-2H3;. The number of pyridine rings is 1. The molecule has 0 spiro atoms. The second-order valence-corrected chi connectivity index (χ2v) is 52.2. The van der Waals surface area contributed by atoms with Gasteiger partial charge in [-0.2, -0.15) is 0 Å². The molecule has 1 aromatic rings. The van der Waals surface area contributed by atoms with Crippen LogP contribution in [-0.2, 0) is 12.8 Å². The Morgan fingerprint density at radius 2 is 1.22 bits per heavy atom. The summed E-state index contributed by atoms with van der Waals surface area (Å²) in [5.41, 5.74) is 2.39. The molecule has 0 aromatic carbocycles. The first-order valence-corrected chi connectivity index (χ1v) is 25.0. The van der Waals surface area contributed by atoms with E-state index in [2.05, 4.69) is 107 Å². The molecule has 1 heterocycles. The molecule has 1 aromatic heterocycles. The zero-order valence-electron chi connectivity index (χ0n) is 11.5. The maximum atomic E-state index is 4.41. The minimum atomic E-state index is -0.353. The van der Waals surface area contributed by atoms with Crippen LogP contribution in [0, 0.1) is 0 Å². The molecule has 18 heavy (non-hydrogen) atoms. The van der Waals surface area contributed by atoms with Gasteiger partial charge in [-0.3, -0.25) is 4.98 Å². The van der Waals surface area contributed by atoms with Crippen LogP contribution in [0.3, 0.4) is 0 Å². The van der Waals surface area contributed by atoms with Crippen LogP contribution in [0.25, 0.3) is 0 Å². The first-order chi connectivity index (χ1) is 8.51. The molecular weight excluding hydrogens is 678 g/mol. The van der Waals surface area contributed by atoms with Crippen molar-refractivity contribution in [1.29, 1.82) is 0 Å². The van der Waals surface area contributed by atoms with Crippen molar-refractivity contribution in [2.45, 2.75) is 53.4 Å². The molecule has 0 N–H and O–H groups in total. The molecule has 1 rings (SSSR count). The van der Waals surface area contributed by atoms with Gasteiger partial charge in [0.15, 0.2) is 0 Å². The maximum absolute atomic E-state index is 4.41. The van der Waals surface area contributed by atoms with Crippen molar-refractivity contribution in [3.05, 3.63) is 29.6 Å². The van der Waals surface area contributed by atoms with Crippen LogP contribution in [0.15, 0.2) is 18.2 Å². The van der Waals surface area contributed by atoms with Gasteiger partial charge < -0.3 is 0 Å². The topological polar surface area (TPSA) is 12.9 Å². The zero-order chi connectivity index (χ0) is 14.4. The third kappa shape index (κ3) is 18.1. The van der Waals surface area contributed by atoms with Gasteiger partial charge in [-0.25, -0.2) is 0 Å². The summed E-state index contributed by atoms with van der Waals surface area (Å²) < 4.78 is 0. The summed E-state index contributed by atoms with van der Waals surface area (Å²) in [5, 5.41) is 0. The number of aryl methyl sites for hydroxylation is 2. The number of rotatable bonds is 3. The van der Waals surface area contributed by atoms with Crippen molar-refractivity contribution in [3.63, 3.8) is 0 Å². The zero-order valence-corrected chi connectivity index (χ0v) is 20.1. The molecule has 5 heteroatoms. The first kappa shape index (κ1) is 22.4. The third-order valence-electron chi connectivity index (χ3n) is 2.09. The van der Waals surface area contributed by atoms with E-state index in [4.69, 9.17) is 0 Å². The predicted octanol–water partition coefficient (Wildman–Crippen LogP) is 7.56. The van der Waals surface area contributed by atoms with Gasteiger partial charge in [0.2, 0.25) is 0 Å². The molecule has 0 atom stereocenters. The monoisotopic (exact) mass is 701 g/mol. The van der Waals surface area contributed by atoms with Crippen LogP contribution < -0.4 is 0 Å². The van der Waals surface area contributed by atoms with Gasteiger partial charge >= 0.3 is 63.7 Å². The molecule has 0 bridgehead atoms. The van der Waals surface area contributed by atoms with Crippen molar-refractivity contribution in [2.75, 3.05) is 0 Å². The van der Waals surface area contributed by atoms with Crippen LogP contribution in [0.1, 0.15) is 51.9 Å². The minimum absolute atomic E-state index is 0.353. The Labute approximate surface area is 149 Å². The Kier molecular flexibility index (Phi) is 21.3. The molecule has 1 nitrogen and oxygen atoms in total. The van der Waals surface area contributed by atoms with Crippen molar-refractivity contribution < 1.29 is 0 Å². The van der Waals surface area contributed by atoms with E-state index in [0.717, 1.165) is 12.8 Å². The molecular formula is C13H23I4N. The second-order valence-electron chi connectivity index (χ2n) is 3.49. The number of hydrogen-bond acceptors (Lipinski definition) is 1. The van der Waals surface area contributed by atoms with Crippen molar-refractivity contribution in [2.24, 2.45) is 0 Å². The molecule has 108 valence electrons. The molecule has 0 aliphatic heterocycles. The van der Waals surface area contributed by atoms with E-state index in [-0.39, 0.29) is 7.89 Å². The fourth-order valence-electron chi connectivity index (χ4n) is 0.923. The summed E-state index contributed by atoms with van der Waals surface area (Å²) in [6.45, 7) is 8.61. The summed E-state index contributed by atoms with van der Waals surface area (Å²) >= 11 is 7.42. The van der Waals surface area contributed by atoms with E-state index < -0.39 is 0 Å². The number of aromatic nitrogens is 1. The van der Waals surface area contributed by atoms with Crippen LogP contribution >= 0.6 is 63.7 Å². The molecule has 0 fully saturated rings. The van der Waals surface area contributed by atoms with Gasteiger partial charge in [0, 0.05) is 11.4 Å². The van der Waals surface area contributed by atoms with E-state index in [1.54, 1.807) is 0 Å². The molecule has 0 saturated heterocycles. The SMILES string of the molecule is CCCC.CCc1cccc(CC)n1.II(I)I. The fraction of sp³-hybridized carbons (Fsp3) is 0.615. The van der Waals surface area contributed by atoms with E-state index in [1.807, 2.05) is 0 Å². The van der Waals surface area contributed by atoms with E-state index >= 15 is 0 Å². The quantitative estimate of drug-likeness (QED) is 0.297. The number of unbranched alkanes of at least 4 members (excludes halogenated alkanes) is 1. The van der Waals surface area contributed by atoms with Crippen LogP contribution in [-0.4, -0.2) is 4.98 Å². The Balaban J connectivity index is 0. The van der Waals surface area contributed by atoms with Gasteiger partial charge in [0.05, 0.1) is 0 Å². The Morgan fingerprint density at radius 3 is 1.44 bits per heavy atom. The summed E-state index contributed by atoms with van der Waals surface area (Å²) in [5.74, 6) is 0. The van der Waals surface area contributed by atoms with Crippen LogP contribution in [0.4, 0.5) is 0 Å². The van der Waals surface area contributed by atoms with E-state index in [9.17, 15) is 0 Å². The average Bonchev–Trinajstić information content (AvgIpc) is 2.38. The second kappa shape index (κ2) is 17.1. The number of hydrogen-bond donors (Lipinski definition) is 0. The molecule has 0 aliphatic rings. The van der Waals surface area contributed by atoms with Gasteiger partial charge in [-0.1, -0.05) is 46.6 Å². The Bertz CT molecular complexity index is 255. The summed E-state index contributed by atoms with van der Waals surface area (Å²) in [6, 6.07) is 6.21. The predicted molar refractivity (Wildman–Crippen MR) is 120 cm³/mol. The number of halogens is 4. The molecule has 0 amide bonds. The summed E-state index contributed by atoms with van der Waals surface area (Å²) in [6.07, 6.45) is 4.71. The summed E-state index contributed by atoms with van der Waals surface area (Å²) in [7, 11) is -0.353. The fourth-order valence-corrected chi connectivity index (χ4v) is 0.923. The van der Waals surface area contributed by atoms with Crippen molar-refractivity contribution >= 4 is 63.7 Å². The van der Waals surface area contributed by atoms with Gasteiger partial charge in [-0.05, 0) is 25.0 Å². The van der Waals surface area contributed by atoms with E-state index in [0.29, 0.717) is 0 Å². The van der Waals surface area contributed by atoms with E-state index in [1.165, 1.54) is 24.2 Å². The molecule has 0 radical (unpaired) electrons. The molecule has 0 unspecified atom stereocenters. The number of nitrogens with zero attached hydrogens (tertiary/aromatic N) is 1. The summed E-state index contributed by atoms with van der Waals surface area (Å²) in [4.78, 5) is 4.41. The average molecular weight is 701 g/mol. The van der Waals surface area contributed by atoms with Gasteiger partial charge in [0.25, 0.3) is 0 Å². The molecule has 0 aliphatic carbocycles. The normalized spacial score (nSPS) is 9.61. The van der Waals surface area contributed by atoms with Crippen molar-refractivity contribution in [1.82, 2.24) is 4.98 Å². The Hall–Kier alpha value is 2.07. The van der Waals surface area contributed by atoms with Crippen molar-refractivity contribution in [3.8, 4) is 0 Å². The third-order valence-corrected chi connectivity index (χ3v) is 2.09. The first-order valence-electron chi connectivity index (χ1n) is 6.16. The Morgan fingerprint density at radius 1 is 0.889 bits per heavy atom. The molecule has 0 saturated carbocycles. The van der Waals surface area contributed by atoms with Crippen LogP contribution in [0.5, 0.6) is 0 Å².